The maximum atomic E-state index is 11.8. The first kappa shape index (κ1) is 19.1. The van der Waals surface area contributed by atoms with Gasteiger partial charge in [-0.1, -0.05) is 37.9 Å². The molecule has 1 amide bonds. The van der Waals surface area contributed by atoms with Crippen LogP contribution >= 0.6 is 11.8 Å². The average molecular weight is 353 g/mol. The predicted octanol–water partition coefficient (Wildman–Crippen LogP) is 3.63. The van der Waals surface area contributed by atoms with Gasteiger partial charge in [-0.15, -0.1) is 0 Å². The van der Waals surface area contributed by atoms with Gasteiger partial charge >= 0.3 is 33.1 Å². The van der Waals surface area contributed by atoms with Crippen LogP contribution in [0.4, 0.5) is 4.79 Å². The number of nitrogens with zero attached hydrogens (tertiary/aromatic N) is 1. The first-order chi connectivity index (χ1) is 8.79. The van der Waals surface area contributed by atoms with Crippen LogP contribution in [0.15, 0.2) is 0 Å². The van der Waals surface area contributed by atoms with E-state index in [1.807, 2.05) is 6.92 Å². The van der Waals surface area contributed by atoms with Crippen LogP contribution in [0.25, 0.3) is 0 Å². The first-order valence-electron chi connectivity index (χ1n) is 7.00. The number of amides is 1. The van der Waals surface area contributed by atoms with Crippen LogP contribution in [0.2, 0.25) is 11.4 Å². The van der Waals surface area contributed by atoms with Gasteiger partial charge in [-0.3, -0.25) is 4.79 Å². The van der Waals surface area contributed by atoms with Crippen molar-refractivity contribution in [1.82, 2.24) is 4.90 Å². The molecule has 1 rings (SSSR count). The molecule has 0 spiro atoms. The van der Waals surface area contributed by atoms with Crippen molar-refractivity contribution in [3.8, 4) is 0 Å². The molecule has 1 aliphatic carbocycles. The third-order valence-corrected chi connectivity index (χ3v) is 3.63. The molecule has 0 saturated heterocycles. The Morgan fingerprint density at radius 1 is 1.26 bits per heavy atom. The van der Waals surface area contributed by atoms with Crippen molar-refractivity contribution in [2.75, 3.05) is 12.3 Å². The second-order valence-electron chi connectivity index (χ2n) is 5.07. The normalized spacial score (nSPS) is 16.5. The van der Waals surface area contributed by atoms with Crippen molar-refractivity contribution in [3.63, 3.8) is 0 Å². The summed E-state index contributed by atoms with van der Waals surface area (Å²) < 4.78 is 18.0. The van der Waals surface area contributed by atoms with Crippen LogP contribution in [0.1, 0.15) is 46.0 Å². The van der Waals surface area contributed by atoms with Crippen LogP contribution < -0.4 is 0 Å². The van der Waals surface area contributed by atoms with E-state index in [9.17, 15) is 8.53 Å². The second kappa shape index (κ2) is 9.95. The summed E-state index contributed by atoms with van der Waals surface area (Å²) in [5, 5.41) is 0.280. The van der Waals surface area contributed by atoms with E-state index in [1.54, 1.807) is 0 Å². The Hall–Kier alpha value is 0.138. The maximum absolute atomic E-state index is 11.8. The number of carbonyl (C=O) groups excluding carboxylic acids is 1. The minimum absolute atomic E-state index is 0.280. The van der Waals surface area contributed by atoms with Crippen molar-refractivity contribution >= 4 is 30.8 Å². The van der Waals surface area contributed by atoms with Crippen molar-refractivity contribution in [2.45, 2.75) is 63.4 Å². The molecule has 0 radical (unpaired) electrons. The van der Waals surface area contributed by atoms with E-state index < -0.39 is 13.8 Å². The molecule has 0 aromatic rings. The molecule has 1 N–H and O–H groups in total. The zero-order valence-electron chi connectivity index (χ0n) is 12.6. The van der Waals surface area contributed by atoms with Crippen LogP contribution in [0, 0.1) is 0 Å². The minimum atomic E-state index is -3.12. The molecule has 0 aromatic carbocycles. The van der Waals surface area contributed by atoms with Crippen molar-refractivity contribution in [1.29, 1.82) is 0 Å². The zero-order chi connectivity index (χ0) is 14.9. The van der Waals surface area contributed by atoms with Gasteiger partial charge < -0.3 is 4.90 Å². The summed E-state index contributed by atoms with van der Waals surface area (Å²) in [6.07, 6.45) is 6.37. The molecule has 114 valence electrons. The fraction of sp³-hybridized carbons (Fsp3) is 0.923. The Labute approximate surface area is 124 Å². The standard InChI is InChI=1S/C11H21NOS.C2H7AsO2/c1-3-12(11(13)14-4-2)10-8-6-5-7-9-10;1-3(2,4)5/h10H,3-9H2,1-2H3;1-2H3,(H,4,5). The molecule has 19 heavy (non-hydrogen) atoms. The van der Waals surface area contributed by atoms with Gasteiger partial charge in [0, 0.05) is 12.6 Å². The van der Waals surface area contributed by atoms with Crippen molar-refractivity contribution in [3.05, 3.63) is 0 Å². The first-order valence-corrected chi connectivity index (χ1v) is 13.3. The number of hydrogen-bond acceptors (Lipinski definition) is 3. The Morgan fingerprint density at radius 2 is 1.74 bits per heavy atom. The fourth-order valence-corrected chi connectivity index (χ4v) is 2.83. The van der Waals surface area contributed by atoms with E-state index in [0.717, 1.165) is 12.3 Å². The van der Waals surface area contributed by atoms with Crippen LogP contribution in [0.5, 0.6) is 0 Å². The predicted molar refractivity (Wildman–Crippen MR) is 83.2 cm³/mol. The van der Waals surface area contributed by atoms with E-state index in [-0.39, 0.29) is 5.24 Å². The molecule has 1 saturated carbocycles. The molecule has 4 nitrogen and oxygen atoms in total. The molecule has 0 heterocycles. The van der Waals surface area contributed by atoms with Gasteiger partial charge in [0.1, 0.15) is 0 Å². The van der Waals surface area contributed by atoms with Crippen LogP contribution in [0.3, 0.4) is 0 Å². The van der Waals surface area contributed by atoms with Crippen molar-refractivity contribution < 1.29 is 12.6 Å². The molecule has 0 bridgehead atoms. The number of thioether (sulfide) groups is 1. The van der Waals surface area contributed by atoms with Gasteiger partial charge in [0.15, 0.2) is 0 Å². The van der Waals surface area contributed by atoms with E-state index in [4.69, 9.17) is 4.10 Å². The number of carbonyl (C=O) groups is 1. The van der Waals surface area contributed by atoms with Gasteiger partial charge in [0.25, 0.3) is 5.24 Å². The summed E-state index contributed by atoms with van der Waals surface area (Å²) in [5.41, 5.74) is 2.72. The Balaban J connectivity index is 0.000000555. The van der Waals surface area contributed by atoms with Gasteiger partial charge in [0.05, 0.1) is 0 Å². The Kier molecular flexibility index (Phi) is 10.0. The van der Waals surface area contributed by atoms with Gasteiger partial charge in [-0.2, -0.15) is 0 Å². The van der Waals surface area contributed by atoms with Gasteiger partial charge in [-0.25, -0.2) is 0 Å². The van der Waals surface area contributed by atoms with E-state index >= 15 is 0 Å². The van der Waals surface area contributed by atoms with Gasteiger partial charge in [0.2, 0.25) is 0 Å². The quantitative estimate of drug-likeness (QED) is 0.788. The second-order valence-corrected chi connectivity index (χ2v) is 11.7. The van der Waals surface area contributed by atoms with Crippen molar-refractivity contribution in [2.24, 2.45) is 0 Å². The summed E-state index contributed by atoms with van der Waals surface area (Å²) in [6.45, 7) is 5.00. The van der Waals surface area contributed by atoms with E-state index in [1.165, 1.54) is 55.3 Å². The summed E-state index contributed by atoms with van der Waals surface area (Å²) >= 11 is -1.68. The summed E-state index contributed by atoms with van der Waals surface area (Å²) in [5.74, 6) is 0.891. The molecular weight excluding hydrogens is 325 g/mol. The third-order valence-electron chi connectivity index (χ3n) is 2.86. The molecule has 1 fully saturated rings. The topological polar surface area (TPSA) is 57.6 Å². The molecule has 6 heteroatoms. The molecule has 0 aliphatic heterocycles. The Morgan fingerprint density at radius 3 is 2.11 bits per heavy atom. The summed E-state index contributed by atoms with van der Waals surface area (Å²) in [4.78, 5) is 13.8. The van der Waals surface area contributed by atoms with E-state index in [2.05, 4.69) is 11.8 Å². The molecule has 1 aliphatic rings. The molecule has 0 unspecified atom stereocenters. The average Bonchev–Trinajstić information content (AvgIpc) is 2.29. The SMILES string of the molecule is CCSC(=O)N(CC)C1CCCCC1.C[As](C)(=O)O. The van der Waals surface area contributed by atoms with Gasteiger partial charge in [-0.05, 0) is 25.5 Å². The third kappa shape index (κ3) is 10.6. The summed E-state index contributed by atoms with van der Waals surface area (Å²) in [7, 11) is 0. The zero-order valence-corrected chi connectivity index (χ0v) is 15.3. The molecular formula is C13H28AsNO3S. The molecule has 0 aromatic heterocycles. The van der Waals surface area contributed by atoms with E-state index in [0.29, 0.717) is 6.04 Å². The monoisotopic (exact) mass is 353 g/mol. The van der Waals surface area contributed by atoms with Crippen LogP contribution in [-0.2, 0) is 3.74 Å². The number of rotatable bonds is 3. The molecule has 0 atom stereocenters. The summed E-state index contributed by atoms with van der Waals surface area (Å²) in [6, 6.07) is 0.528. The Bertz CT molecular complexity index is 292. The van der Waals surface area contributed by atoms with Crippen LogP contribution in [-0.4, -0.2) is 46.4 Å². The number of hydrogen-bond donors (Lipinski definition) is 1. The fourth-order valence-electron chi connectivity index (χ4n) is 2.14.